The van der Waals surface area contributed by atoms with E-state index in [0.717, 1.165) is 71.3 Å². The van der Waals surface area contributed by atoms with Gasteiger partial charge in [0.15, 0.2) is 5.96 Å². The first-order valence-electron chi connectivity index (χ1n) is 9.19. The molecule has 2 aliphatic heterocycles. The molecule has 0 saturated carbocycles. The third-order valence-corrected chi connectivity index (χ3v) is 6.91. The number of nitrogens with zero attached hydrogens (tertiary/aromatic N) is 3. The highest BCUT2D eigenvalue weighted by molar-refractivity contribution is 14.0. The topological polar surface area (TPSA) is 49.3 Å². The molecule has 154 valence electrons. The molecule has 0 unspecified atom stereocenters. The summed E-state index contributed by atoms with van der Waals surface area (Å²) in [6, 6.07) is 4.34. The molecule has 0 aliphatic carbocycles. The van der Waals surface area contributed by atoms with Gasteiger partial charge >= 0.3 is 0 Å². The van der Waals surface area contributed by atoms with Gasteiger partial charge in [-0.25, -0.2) is 0 Å². The molecular weight excluding hydrogens is 543 g/mol. The maximum absolute atomic E-state index is 5.82. The molecular formula is C18H30BrIN4O2S. The van der Waals surface area contributed by atoms with E-state index in [4.69, 9.17) is 9.47 Å². The zero-order valence-corrected chi connectivity index (χ0v) is 20.8. The van der Waals surface area contributed by atoms with E-state index >= 15 is 0 Å². The van der Waals surface area contributed by atoms with Crippen LogP contribution in [0.3, 0.4) is 0 Å². The van der Waals surface area contributed by atoms with E-state index in [0.29, 0.717) is 0 Å². The van der Waals surface area contributed by atoms with Crippen molar-refractivity contribution in [3.8, 4) is 0 Å². The highest BCUT2D eigenvalue weighted by Gasteiger charge is 2.33. The van der Waals surface area contributed by atoms with Gasteiger partial charge in [0.05, 0.1) is 9.39 Å². The van der Waals surface area contributed by atoms with Gasteiger partial charge in [-0.3, -0.25) is 9.89 Å². The lowest BCUT2D eigenvalue weighted by Gasteiger charge is -2.39. The molecule has 0 atom stereocenters. The molecule has 9 heteroatoms. The predicted octanol–water partition coefficient (Wildman–Crippen LogP) is 3.02. The van der Waals surface area contributed by atoms with Crippen molar-refractivity contribution in [3.05, 3.63) is 20.8 Å². The van der Waals surface area contributed by atoms with Gasteiger partial charge in [-0.1, -0.05) is 0 Å². The molecule has 1 aromatic heterocycles. The zero-order chi connectivity index (χ0) is 18.4. The fraction of sp³-hybridized carbons (Fsp3) is 0.722. The Bertz CT molecular complexity index is 602. The van der Waals surface area contributed by atoms with Gasteiger partial charge in [0, 0.05) is 84.4 Å². The number of hydrogen-bond acceptors (Lipinski definition) is 5. The summed E-state index contributed by atoms with van der Waals surface area (Å²) >= 11 is 5.36. The summed E-state index contributed by atoms with van der Waals surface area (Å²) in [7, 11) is 3.67. The van der Waals surface area contributed by atoms with Crippen molar-refractivity contribution in [3.63, 3.8) is 0 Å². The first kappa shape index (κ1) is 23.3. The Morgan fingerprint density at radius 1 is 1.30 bits per heavy atom. The van der Waals surface area contributed by atoms with Crippen molar-refractivity contribution in [2.24, 2.45) is 4.99 Å². The lowest BCUT2D eigenvalue weighted by Crippen LogP contribution is -2.55. The Hall–Kier alpha value is 0.0600. The normalized spacial score (nSPS) is 21.0. The Labute approximate surface area is 191 Å². The number of ether oxygens (including phenoxy) is 2. The van der Waals surface area contributed by atoms with Crippen LogP contribution in [0.5, 0.6) is 0 Å². The number of nitrogens with one attached hydrogen (secondary N) is 1. The Morgan fingerprint density at radius 2 is 2.00 bits per heavy atom. The summed E-state index contributed by atoms with van der Waals surface area (Å²) in [5, 5.41) is 3.54. The van der Waals surface area contributed by atoms with E-state index in [9.17, 15) is 0 Å². The van der Waals surface area contributed by atoms with Crippen LogP contribution in [0.4, 0.5) is 0 Å². The van der Waals surface area contributed by atoms with E-state index in [1.165, 1.54) is 8.66 Å². The number of halogens is 2. The van der Waals surface area contributed by atoms with Crippen LogP contribution in [0.1, 0.15) is 17.7 Å². The van der Waals surface area contributed by atoms with Gasteiger partial charge in [0.25, 0.3) is 0 Å². The Kier molecular flexibility index (Phi) is 9.77. The van der Waals surface area contributed by atoms with Crippen molar-refractivity contribution in [2.75, 3.05) is 60.1 Å². The van der Waals surface area contributed by atoms with Crippen LogP contribution in [-0.4, -0.2) is 81.5 Å². The molecule has 0 radical (unpaired) electrons. The summed E-state index contributed by atoms with van der Waals surface area (Å²) in [6.45, 7) is 7.45. The lowest BCUT2D eigenvalue weighted by molar-refractivity contribution is -0.0858. The van der Waals surface area contributed by atoms with Crippen LogP contribution in [0.15, 0.2) is 20.9 Å². The smallest absolute Gasteiger partial charge is 0.193 e. The van der Waals surface area contributed by atoms with Crippen LogP contribution in [-0.2, 0) is 16.0 Å². The molecule has 0 bridgehead atoms. The monoisotopic (exact) mass is 572 g/mol. The number of rotatable bonds is 5. The number of hydrogen-bond donors (Lipinski definition) is 1. The number of thiophene rings is 1. The van der Waals surface area contributed by atoms with E-state index in [1.807, 2.05) is 18.4 Å². The standard InChI is InChI=1S/C18H29BrN4O2S.HI/c1-20-17(21-14-18(24-2)5-11-25-12-6-18)23-9-7-22(8-10-23)13-15-3-4-16(19)26-15;/h3-4H,5-14H2,1-2H3,(H,20,21);1H. The first-order chi connectivity index (χ1) is 12.6. The molecule has 1 N–H and O–H groups in total. The fourth-order valence-electron chi connectivity index (χ4n) is 3.54. The molecule has 0 spiro atoms. The van der Waals surface area contributed by atoms with Crippen LogP contribution < -0.4 is 5.32 Å². The van der Waals surface area contributed by atoms with Gasteiger partial charge < -0.3 is 19.7 Å². The van der Waals surface area contributed by atoms with Gasteiger partial charge in [0.1, 0.15) is 0 Å². The maximum atomic E-state index is 5.82. The van der Waals surface area contributed by atoms with Gasteiger partial charge in [-0.05, 0) is 28.1 Å². The summed E-state index contributed by atoms with van der Waals surface area (Å²) < 4.78 is 12.5. The van der Waals surface area contributed by atoms with Crippen molar-refractivity contribution in [1.82, 2.24) is 15.1 Å². The minimum atomic E-state index is -0.136. The molecule has 1 aromatic rings. The molecule has 6 nitrogen and oxygen atoms in total. The maximum Gasteiger partial charge on any atom is 0.193 e. The van der Waals surface area contributed by atoms with E-state index in [2.05, 4.69) is 48.2 Å². The molecule has 0 amide bonds. The summed E-state index contributed by atoms with van der Waals surface area (Å²) in [5.41, 5.74) is -0.136. The zero-order valence-electron chi connectivity index (χ0n) is 16.1. The van der Waals surface area contributed by atoms with Gasteiger partial charge in [-0.15, -0.1) is 35.3 Å². The molecule has 2 fully saturated rings. The van der Waals surface area contributed by atoms with Crippen molar-refractivity contribution < 1.29 is 9.47 Å². The van der Waals surface area contributed by atoms with Crippen molar-refractivity contribution in [1.29, 1.82) is 0 Å². The predicted molar refractivity (Wildman–Crippen MR) is 125 cm³/mol. The summed E-state index contributed by atoms with van der Waals surface area (Å²) in [6.07, 6.45) is 1.86. The third-order valence-electron chi connectivity index (χ3n) is 5.30. The minimum Gasteiger partial charge on any atom is -0.381 e. The SMILES string of the molecule is CN=C(NCC1(OC)CCOCC1)N1CCN(Cc2ccc(Br)s2)CC1.I. The van der Waals surface area contributed by atoms with Crippen LogP contribution >= 0.6 is 51.2 Å². The second-order valence-corrected chi connectivity index (χ2v) is 9.42. The van der Waals surface area contributed by atoms with Crippen LogP contribution in [0.2, 0.25) is 0 Å². The van der Waals surface area contributed by atoms with Crippen molar-refractivity contribution in [2.45, 2.75) is 25.0 Å². The molecule has 27 heavy (non-hydrogen) atoms. The summed E-state index contributed by atoms with van der Waals surface area (Å²) in [5.74, 6) is 0.978. The number of piperazine rings is 1. The van der Waals surface area contributed by atoms with E-state index < -0.39 is 0 Å². The van der Waals surface area contributed by atoms with E-state index in [1.54, 1.807) is 7.11 Å². The Balaban J connectivity index is 0.00000261. The molecule has 2 saturated heterocycles. The van der Waals surface area contributed by atoms with Crippen molar-refractivity contribution >= 4 is 57.2 Å². The molecule has 3 heterocycles. The highest BCUT2D eigenvalue weighted by Crippen LogP contribution is 2.24. The van der Waals surface area contributed by atoms with E-state index in [-0.39, 0.29) is 29.6 Å². The number of aliphatic imine (C=N–C) groups is 1. The Morgan fingerprint density at radius 3 is 2.56 bits per heavy atom. The number of guanidine groups is 1. The van der Waals surface area contributed by atoms with Crippen LogP contribution in [0, 0.1) is 0 Å². The van der Waals surface area contributed by atoms with Crippen LogP contribution in [0.25, 0.3) is 0 Å². The summed E-state index contributed by atoms with van der Waals surface area (Å²) in [4.78, 5) is 10.8. The largest absolute Gasteiger partial charge is 0.381 e. The van der Waals surface area contributed by atoms with Gasteiger partial charge in [-0.2, -0.15) is 0 Å². The average molecular weight is 573 g/mol. The molecule has 2 aliphatic rings. The first-order valence-corrected chi connectivity index (χ1v) is 10.8. The number of methoxy groups -OCH3 is 1. The minimum absolute atomic E-state index is 0. The average Bonchev–Trinajstić information content (AvgIpc) is 3.09. The molecule has 0 aromatic carbocycles. The third kappa shape index (κ3) is 6.53. The van der Waals surface area contributed by atoms with Gasteiger partial charge in [0.2, 0.25) is 0 Å². The highest BCUT2D eigenvalue weighted by atomic mass is 127. The fourth-order valence-corrected chi connectivity index (χ4v) is 5.07. The quantitative estimate of drug-likeness (QED) is 0.334. The second-order valence-electron chi connectivity index (χ2n) is 6.87. The molecule has 3 rings (SSSR count). The second kappa shape index (κ2) is 11.3. The lowest BCUT2D eigenvalue weighted by atomic mass is 9.94.